The summed E-state index contributed by atoms with van der Waals surface area (Å²) >= 11 is 5.95. The first-order chi connectivity index (χ1) is 7.24. The van der Waals surface area contributed by atoms with Gasteiger partial charge in [-0.25, -0.2) is 0 Å². The summed E-state index contributed by atoms with van der Waals surface area (Å²) in [4.78, 5) is 11.5. The minimum absolute atomic E-state index is 0.186. The number of carbonyl (C=O) groups excluding carboxylic acids is 1. The van der Waals surface area contributed by atoms with E-state index in [1.165, 1.54) is 0 Å². The first-order valence-electron chi connectivity index (χ1n) is 4.88. The highest BCUT2D eigenvalue weighted by molar-refractivity contribution is 6.31. The Kier molecular flexibility index (Phi) is 4.93. The lowest BCUT2D eigenvalue weighted by Crippen LogP contribution is -2.02. The molecule has 0 saturated carbocycles. The molecule has 0 atom stereocenters. The predicted octanol–water partition coefficient (Wildman–Crippen LogP) is 3.26. The topological polar surface area (TPSA) is 17.1 Å². The van der Waals surface area contributed by atoms with E-state index in [4.69, 9.17) is 11.6 Å². The van der Waals surface area contributed by atoms with Crippen molar-refractivity contribution in [2.75, 3.05) is 0 Å². The van der Waals surface area contributed by atoms with E-state index in [0.29, 0.717) is 24.3 Å². The van der Waals surface area contributed by atoms with Crippen LogP contribution in [0.25, 0.3) is 0 Å². The van der Waals surface area contributed by atoms with Gasteiger partial charge >= 0.3 is 0 Å². The highest BCUT2D eigenvalue weighted by Crippen LogP contribution is 2.16. The van der Waals surface area contributed by atoms with Crippen LogP contribution in [0.1, 0.15) is 25.3 Å². The lowest BCUT2D eigenvalue weighted by molar-refractivity contribution is -0.118. The molecule has 0 fully saturated rings. The smallest absolute Gasteiger partial charge is 0.138 e. The molecule has 0 aliphatic rings. The third kappa shape index (κ3) is 4.18. The van der Waals surface area contributed by atoms with E-state index in [1.807, 2.05) is 18.2 Å². The number of rotatable bonds is 4. The van der Waals surface area contributed by atoms with Crippen molar-refractivity contribution < 1.29 is 4.79 Å². The van der Waals surface area contributed by atoms with Gasteiger partial charge in [-0.1, -0.05) is 29.8 Å². The van der Waals surface area contributed by atoms with Crippen molar-refractivity contribution in [3.05, 3.63) is 34.9 Å². The lowest BCUT2D eigenvalue weighted by atomic mass is 10.1. The Hall–Kier alpha value is -1.26. The second-order valence-electron chi connectivity index (χ2n) is 3.23. The minimum Gasteiger partial charge on any atom is -0.299 e. The summed E-state index contributed by atoms with van der Waals surface area (Å²) in [5, 5.41) is 0.660. The van der Waals surface area contributed by atoms with Crippen LogP contribution in [0.2, 0.25) is 5.02 Å². The van der Waals surface area contributed by atoms with E-state index in [1.54, 1.807) is 13.0 Å². The van der Waals surface area contributed by atoms with Crippen LogP contribution in [0.5, 0.6) is 0 Å². The first kappa shape index (κ1) is 11.8. The average Bonchev–Trinajstić information content (AvgIpc) is 2.22. The largest absolute Gasteiger partial charge is 0.299 e. The first-order valence-corrected chi connectivity index (χ1v) is 5.26. The van der Waals surface area contributed by atoms with Crippen LogP contribution in [0, 0.1) is 11.8 Å². The maximum Gasteiger partial charge on any atom is 0.138 e. The van der Waals surface area contributed by atoms with Crippen LogP contribution in [-0.4, -0.2) is 5.78 Å². The van der Waals surface area contributed by atoms with Gasteiger partial charge in [0.25, 0.3) is 0 Å². The zero-order valence-corrected chi connectivity index (χ0v) is 9.47. The zero-order chi connectivity index (χ0) is 11.1. The molecule has 2 heteroatoms. The molecule has 78 valence electrons. The zero-order valence-electron chi connectivity index (χ0n) is 8.72. The van der Waals surface area contributed by atoms with Crippen LogP contribution in [0.4, 0.5) is 0 Å². The number of benzene rings is 1. The summed E-state index contributed by atoms with van der Waals surface area (Å²) in [5.74, 6) is 5.83. The fourth-order valence-corrected chi connectivity index (χ4v) is 1.47. The maximum atomic E-state index is 11.5. The van der Waals surface area contributed by atoms with Gasteiger partial charge in [0.1, 0.15) is 5.78 Å². The predicted molar refractivity (Wildman–Crippen MR) is 62.8 cm³/mol. The molecule has 0 spiro atoms. The lowest BCUT2D eigenvalue weighted by Gasteiger charge is -2.01. The van der Waals surface area contributed by atoms with Gasteiger partial charge in [-0.2, -0.15) is 0 Å². The van der Waals surface area contributed by atoms with Crippen LogP contribution < -0.4 is 0 Å². The molecule has 0 aliphatic heterocycles. The van der Waals surface area contributed by atoms with Gasteiger partial charge in [-0.15, -0.1) is 11.8 Å². The Bertz CT molecular complexity index is 398. The highest BCUT2D eigenvalue weighted by Gasteiger charge is 2.05. The highest BCUT2D eigenvalue weighted by atomic mass is 35.5. The standard InChI is InChI=1S/C13H13ClO/c1-2-3-4-8-12(15)10-11-7-5-6-9-13(11)14/h5-7,9H,4,8,10H2,1H3. The Balaban J connectivity index is 2.50. The molecule has 0 amide bonds. The van der Waals surface area contributed by atoms with E-state index >= 15 is 0 Å². The molecule has 0 unspecified atom stereocenters. The summed E-state index contributed by atoms with van der Waals surface area (Å²) in [6, 6.07) is 7.43. The van der Waals surface area contributed by atoms with Crippen molar-refractivity contribution in [2.24, 2.45) is 0 Å². The third-order valence-corrected chi connectivity index (χ3v) is 2.42. The molecular weight excluding hydrogens is 208 g/mol. The number of hydrogen-bond donors (Lipinski definition) is 0. The molecule has 0 N–H and O–H groups in total. The van der Waals surface area contributed by atoms with Gasteiger partial charge in [0.15, 0.2) is 0 Å². The van der Waals surface area contributed by atoms with Gasteiger partial charge in [-0.05, 0) is 18.6 Å². The fourth-order valence-electron chi connectivity index (χ4n) is 1.27. The number of Topliss-reactive ketones (excluding diaryl/α,β-unsaturated/α-hetero) is 1. The minimum atomic E-state index is 0.186. The Morgan fingerprint density at radius 3 is 2.80 bits per heavy atom. The van der Waals surface area contributed by atoms with Crippen molar-refractivity contribution >= 4 is 17.4 Å². The van der Waals surface area contributed by atoms with Crippen LogP contribution in [0.3, 0.4) is 0 Å². The Morgan fingerprint density at radius 2 is 2.13 bits per heavy atom. The van der Waals surface area contributed by atoms with Gasteiger partial charge < -0.3 is 0 Å². The van der Waals surface area contributed by atoms with Crippen molar-refractivity contribution in [3.63, 3.8) is 0 Å². The molecule has 0 bridgehead atoms. The summed E-state index contributed by atoms with van der Waals surface area (Å²) < 4.78 is 0. The van der Waals surface area contributed by atoms with Crippen LogP contribution in [-0.2, 0) is 11.2 Å². The fraction of sp³-hybridized carbons (Fsp3) is 0.308. The molecule has 0 radical (unpaired) electrons. The van der Waals surface area contributed by atoms with Crippen molar-refractivity contribution in [3.8, 4) is 11.8 Å². The Morgan fingerprint density at radius 1 is 1.40 bits per heavy atom. The van der Waals surface area contributed by atoms with Gasteiger partial charge in [0.05, 0.1) is 0 Å². The molecule has 0 heterocycles. The number of hydrogen-bond acceptors (Lipinski definition) is 1. The number of halogens is 1. The van der Waals surface area contributed by atoms with Crippen LogP contribution in [0.15, 0.2) is 24.3 Å². The van der Waals surface area contributed by atoms with Crippen molar-refractivity contribution in [1.29, 1.82) is 0 Å². The normalized spacial score (nSPS) is 9.20. The molecule has 1 nitrogen and oxygen atoms in total. The van der Waals surface area contributed by atoms with E-state index in [0.717, 1.165) is 5.56 Å². The summed E-state index contributed by atoms with van der Waals surface area (Å²) in [5.41, 5.74) is 0.897. The second kappa shape index (κ2) is 6.27. The number of ketones is 1. The quantitative estimate of drug-likeness (QED) is 0.712. The molecule has 15 heavy (non-hydrogen) atoms. The summed E-state index contributed by atoms with van der Waals surface area (Å²) in [6.07, 6.45) is 1.55. The van der Waals surface area contributed by atoms with Gasteiger partial charge in [0.2, 0.25) is 0 Å². The van der Waals surface area contributed by atoms with Crippen LogP contribution >= 0.6 is 11.6 Å². The monoisotopic (exact) mass is 220 g/mol. The molecule has 0 aliphatic carbocycles. The van der Waals surface area contributed by atoms with Crippen molar-refractivity contribution in [1.82, 2.24) is 0 Å². The maximum absolute atomic E-state index is 11.5. The number of carbonyl (C=O) groups is 1. The summed E-state index contributed by atoms with van der Waals surface area (Å²) in [7, 11) is 0. The van der Waals surface area contributed by atoms with Gasteiger partial charge in [-0.3, -0.25) is 4.79 Å². The molecule has 1 aromatic carbocycles. The molecule has 1 rings (SSSR count). The Labute approximate surface area is 95.5 Å². The van der Waals surface area contributed by atoms with E-state index in [9.17, 15) is 4.79 Å². The second-order valence-corrected chi connectivity index (χ2v) is 3.64. The van der Waals surface area contributed by atoms with E-state index < -0.39 is 0 Å². The third-order valence-electron chi connectivity index (χ3n) is 2.05. The van der Waals surface area contributed by atoms with Crippen molar-refractivity contribution in [2.45, 2.75) is 26.2 Å². The molecular formula is C13H13ClO. The SMILES string of the molecule is CC#CCCC(=O)Cc1ccccc1Cl. The molecule has 0 aromatic heterocycles. The van der Waals surface area contributed by atoms with E-state index in [-0.39, 0.29) is 5.78 Å². The molecule has 1 aromatic rings. The molecule has 0 saturated heterocycles. The van der Waals surface area contributed by atoms with E-state index in [2.05, 4.69) is 11.8 Å². The summed E-state index contributed by atoms with van der Waals surface area (Å²) in [6.45, 7) is 1.78. The average molecular weight is 221 g/mol. The van der Waals surface area contributed by atoms with Gasteiger partial charge in [0, 0.05) is 24.3 Å².